The minimum atomic E-state index is 0.0928. The first-order valence-corrected chi connectivity index (χ1v) is 8.27. The number of pyridine rings is 1. The molecule has 1 aromatic rings. The number of hydrogen-bond acceptors (Lipinski definition) is 3. The van der Waals surface area contributed by atoms with Crippen LogP contribution < -0.4 is 5.32 Å². The van der Waals surface area contributed by atoms with E-state index in [4.69, 9.17) is 0 Å². The van der Waals surface area contributed by atoms with Gasteiger partial charge in [0.2, 0.25) is 0 Å². The SMILES string of the molecule is CCCNc1ccc(C(=O)N2CCCCC2CCC)nc1. The topological polar surface area (TPSA) is 45.2 Å². The number of carbonyl (C=O) groups excluding carboxylic acids is 1. The van der Waals surface area contributed by atoms with E-state index in [2.05, 4.69) is 24.1 Å². The molecule has 1 atom stereocenters. The van der Waals surface area contributed by atoms with Crippen molar-refractivity contribution < 1.29 is 4.79 Å². The van der Waals surface area contributed by atoms with E-state index >= 15 is 0 Å². The van der Waals surface area contributed by atoms with Crippen molar-refractivity contribution in [3.8, 4) is 0 Å². The molecular weight excluding hydrogens is 262 g/mol. The van der Waals surface area contributed by atoms with Gasteiger partial charge >= 0.3 is 0 Å². The van der Waals surface area contributed by atoms with Crippen LogP contribution in [-0.4, -0.2) is 34.9 Å². The molecule has 1 amide bonds. The minimum absolute atomic E-state index is 0.0928. The van der Waals surface area contributed by atoms with Gasteiger partial charge in [0.15, 0.2) is 0 Å². The summed E-state index contributed by atoms with van der Waals surface area (Å²) in [5.41, 5.74) is 1.55. The molecule has 0 aromatic carbocycles. The van der Waals surface area contributed by atoms with Crippen LogP contribution in [0, 0.1) is 0 Å². The molecule has 1 N–H and O–H groups in total. The number of aromatic nitrogens is 1. The van der Waals surface area contributed by atoms with Crippen LogP contribution in [0.1, 0.15) is 62.9 Å². The van der Waals surface area contributed by atoms with Gasteiger partial charge in [0, 0.05) is 19.1 Å². The Morgan fingerprint density at radius 2 is 2.19 bits per heavy atom. The van der Waals surface area contributed by atoms with Crippen LogP contribution in [0.25, 0.3) is 0 Å². The molecule has 2 rings (SSSR count). The van der Waals surface area contributed by atoms with E-state index < -0.39 is 0 Å². The van der Waals surface area contributed by atoms with Gasteiger partial charge in [-0.15, -0.1) is 0 Å². The van der Waals surface area contributed by atoms with Gasteiger partial charge < -0.3 is 10.2 Å². The molecule has 0 aliphatic carbocycles. The number of rotatable bonds is 6. The third kappa shape index (κ3) is 4.19. The van der Waals surface area contributed by atoms with E-state index in [0.29, 0.717) is 11.7 Å². The minimum Gasteiger partial charge on any atom is -0.384 e. The van der Waals surface area contributed by atoms with Gasteiger partial charge in [-0.1, -0.05) is 20.3 Å². The van der Waals surface area contributed by atoms with Crippen molar-refractivity contribution in [1.29, 1.82) is 0 Å². The lowest BCUT2D eigenvalue weighted by Crippen LogP contribution is -2.43. The second-order valence-corrected chi connectivity index (χ2v) is 5.80. The molecule has 4 nitrogen and oxygen atoms in total. The van der Waals surface area contributed by atoms with Gasteiger partial charge in [-0.3, -0.25) is 4.79 Å². The summed E-state index contributed by atoms with van der Waals surface area (Å²) in [6, 6.07) is 4.20. The highest BCUT2D eigenvalue weighted by Crippen LogP contribution is 2.22. The van der Waals surface area contributed by atoms with Crippen LogP contribution in [0.5, 0.6) is 0 Å². The average molecular weight is 289 g/mol. The molecule has 0 saturated carbocycles. The third-order valence-corrected chi connectivity index (χ3v) is 4.07. The Morgan fingerprint density at radius 1 is 1.33 bits per heavy atom. The zero-order chi connectivity index (χ0) is 15.1. The summed E-state index contributed by atoms with van der Waals surface area (Å²) < 4.78 is 0. The zero-order valence-electron chi connectivity index (χ0n) is 13.3. The molecule has 0 spiro atoms. The molecule has 0 radical (unpaired) electrons. The highest BCUT2D eigenvalue weighted by atomic mass is 16.2. The van der Waals surface area contributed by atoms with Crippen molar-refractivity contribution in [2.75, 3.05) is 18.4 Å². The maximum Gasteiger partial charge on any atom is 0.272 e. The van der Waals surface area contributed by atoms with Gasteiger partial charge in [-0.2, -0.15) is 0 Å². The van der Waals surface area contributed by atoms with Gasteiger partial charge in [-0.05, 0) is 44.2 Å². The molecular formula is C17H27N3O. The van der Waals surface area contributed by atoms with Crippen molar-refractivity contribution in [2.24, 2.45) is 0 Å². The number of likely N-dealkylation sites (tertiary alicyclic amines) is 1. The Balaban J connectivity index is 2.03. The fraction of sp³-hybridized carbons (Fsp3) is 0.647. The number of carbonyl (C=O) groups is 1. The number of amides is 1. The summed E-state index contributed by atoms with van der Waals surface area (Å²) >= 11 is 0. The summed E-state index contributed by atoms with van der Waals surface area (Å²) in [7, 11) is 0. The number of hydrogen-bond donors (Lipinski definition) is 1. The van der Waals surface area contributed by atoms with E-state index in [1.807, 2.05) is 17.0 Å². The van der Waals surface area contributed by atoms with Crippen LogP contribution in [0.3, 0.4) is 0 Å². The zero-order valence-corrected chi connectivity index (χ0v) is 13.3. The summed E-state index contributed by atoms with van der Waals surface area (Å²) in [4.78, 5) is 19.0. The van der Waals surface area contributed by atoms with Gasteiger partial charge in [0.05, 0.1) is 11.9 Å². The van der Waals surface area contributed by atoms with Crippen LogP contribution >= 0.6 is 0 Å². The lowest BCUT2D eigenvalue weighted by molar-refractivity contribution is 0.0594. The van der Waals surface area contributed by atoms with Crippen LogP contribution in [0.2, 0.25) is 0 Å². The molecule has 1 unspecified atom stereocenters. The van der Waals surface area contributed by atoms with Gasteiger partial charge in [-0.25, -0.2) is 4.98 Å². The molecule has 1 aromatic heterocycles. The second-order valence-electron chi connectivity index (χ2n) is 5.80. The highest BCUT2D eigenvalue weighted by molar-refractivity contribution is 5.92. The van der Waals surface area contributed by atoms with E-state index in [0.717, 1.165) is 50.9 Å². The van der Waals surface area contributed by atoms with Crippen molar-refractivity contribution >= 4 is 11.6 Å². The lowest BCUT2D eigenvalue weighted by atomic mass is 9.98. The summed E-state index contributed by atoms with van der Waals surface area (Å²) in [5, 5.41) is 3.28. The monoisotopic (exact) mass is 289 g/mol. The number of nitrogens with zero attached hydrogens (tertiary/aromatic N) is 2. The number of nitrogens with one attached hydrogen (secondary N) is 1. The average Bonchev–Trinajstić information content (AvgIpc) is 2.53. The van der Waals surface area contributed by atoms with Crippen molar-refractivity contribution in [3.63, 3.8) is 0 Å². The van der Waals surface area contributed by atoms with Crippen LogP contribution in [-0.2, 0) is 0 Å². The maximum atomic E-state index is 12.7. The van der Waals surface area contributed by atoms with Gasteiger partial charge in [0.1, 0.15) is 5.69 Å². The molecule has 0 bridgehead atoms. The molecule has 1 saturated heterocycles. The smallest absolute Gasteiger partial charge is 0.272 e. The summed E-state index contributed by atoms with van der Waals surface area (Å²) in [6.45, 7) is 6.12. The Kier molecular flexibility index (Phi) is 6.03. The van der Waals surface area contributed by atoms with E-state index in [-0.39, 0.29) is 5.91 Å². The Morgan fingerprint density at radius 3 is 2.86 bits per heavy atom. The standard InChI is InChI=1S/C17H27N3O/c1-3-7-15-8-5-6-12-20(15)17(21)16-10-9-14(13-19-16)18-11-4-2/h9-10,13,15,18H,3-8,11-12H2,1-2H3. The summed E-state index contributed by atoms with van der Waals surface area (Å²) in [5.74, 6) is 0.0928. The Hall–Kier alpha value is -1.58. The van der Waals surface area contributed by atoms with Crippen LogP contribution in [0.4, 0.5) is 5.69 Å². The first-order chi connectivity index (χ1) is 10.3. The first kappa shape index (κ1) is 15.8. The van der Waals surface area contributed by atoms with Crippen LogP contribution in [0.15, 0.2) is 18.3 Å². The van der Waals surface area contributed by atoms with Gasteiger partial charge in [0.25, 0.3) is 5.91 Å². The molecule has 1 fully saturated rings. The Bertz CT molecular complexity index is 442. The fourth-order valence-corrected chi connectivity index (χ4v) is 2.94. The molecule has 2 heterocycles. The van der Waals surface area contributed by atoms with Crippen molar-refractivity contribution in [3.05, 3.63) is 24.0 Å². The third-order valence-electron chi connectivity index (χ3n) is 4.07. The van der Waals surface area contributed by atoms with E-state index in [1.54, 1.807) is 6.20 Å². The largest absolute Gasteiger partial charge is 0.384 e. The molecule has 21 heavy (non-hydrogen) atoms. The normalized spacial score (nSPS) is 18.6. The Labute approximate surface area is 127 Å². The molecule has 1 aliphatic heterocycles. The summed E-state index contributed by atoms with van der Waals surface area (Å²) in [6.07, 6.45) is 8.55. The van der Waals surface area contributed by atoms with E-state index in [9.17, 15) is 4.79 Å². The highest BCUT2D eigenvalue weighted by Gasteiger charge is 2.27. The number of anilines is 1. The maximum absolute atomic E-state index is 12.7. The van der Waals surface area contributed by atoms with E-state index in [1.165, 1.54) is 6.42 Å². The lowest BCUT2D eigenvalue weighted by Gasteiger charge is -2.35. The molecule has 4 heteroatoms. The number of piperidine rings is 1. The quantitative estimate of drug-likeness (QED) is 0.868. The predicted octanol–water partition coefficient (Wildman–Crippen LogP) is 3.70. The second kappa shape index (κ2) is 8.01. The fourth-order valence-electron chi connectivity index (χ4n) is 2.94. The predicted molar refractivity (Wildman–Crippen MR) is 86.6 cm³/mol. The van der Waals surface area contributed by atoms with Crippen molar-refractivity contribution in [2.45, 2.75) is 58.4 Å². The van der Waals surface area contributed by atoms with Crippen molar-refractivity contribution in [1.82, 2.24) is 9.88 Å². The molecule has 1 aliphatic rings. The first-order valence-electron chi connectivity index (χ1n) is 8.27. The molecule has 116 valence electrons.